The average Bonchev–Trinajstić information content (AvgIpc) is 2.84. The van der Waals surface area contributed by atoms with Crippen LogP contribution in [0.1, 0.15) is 50.2 Å². The molecular formula is C18H14O4. The molecule has 1 unspecified atom stereocenters. The number of fused-ring (bicyclic) bond motifs is 1. The standard InChI is InChI=1S/C18H14O4/c1-10-8-15(11-2-4-12(5-3-11)17(19)20)16-9-13(18(21)22)6-7-14(10)16/h2-10H,1H3,(H,19,20)(H,21,22). The second kappa shape index (κ2) is 5.15. The summed E-state index contributed by atoms with van der Waals surface area (Å²) >= 11 is 0. The highest BCUT2D eigenvalue weighted by Gasteiger charge is 2.22. The predicted molar refractivity (Wildman–Crippen MR) is 82.3 cm³/mol. The molecule has 1 aliphatic carbocycles. The van der Waals surface area contributed by atoms with E-state index in [1.54, 1.807) is 36.4 Å². The van der Waals surface area contributed by atoms with Gasteiger partial charge in [0.1, 0.15) is 0 Å². The van der Waals surface area contributed by atoms with E-state index in [2.05, 4.69) is 13.0 Å². The number of hydrogen-bond acceptors (Lipinski definition) is 2. The molecule has 110 valence electrons. The summed E-state index contributed by atoms with van der Waals surface area (Å²) < 4.78 is 0. The van der Waals surface area contributed by atoms with Crippen LogP contribution < -0.4 is 0 Å². The first-order chi connectivity index (χ1) is 10.5. The lowest BCUT2D eigenvalue weighted by Crippen LogP contribution is -1.99. The molecule has 0 heterocycles. The minimum atomic E-state index is -0.964. The van der Waals surface area contributed by atoms with Gasteiger partial charge in [0.05, 0.1) is 11.1 Å². The molecule has 3 rings (SSSR count). The van der Waals surface area contributed by atoms with Gasteiger partial charge in [-0.15, -0.1) is 0 Å². The van der Waals surface area contributed by atoms with Gasteiger partial charge in [-0.25, -0.2) is 9.59 Å². The summed E-state index contributed by atoms with van der Waals surface area (Å²) in [5, 5.41) is 18.1. The molecular weight excluding hydrogens is 280 g/mol. The van der Waals surface area contributed by atoms with Gasteiger partial charge in [-0.1, -0.05) is 31.2 Å². The second-order valence-electron chi connectivity index (χ2n) is 5.36. The van der Waals surface area contributed by atoms with E-state index in [1.165, 1.54) is 0 Å². The maximum absolute atomic E-state index is 11.2. The van der Waals surface area contributed by atoms with Gasteiger partial charge in [0.2, 0.25) is 0 Å². The van der Waals surface area contributed by atoms with Crippen molar-refractivity contribution in [2.75, 3.05) is 0 Å². The van der Waals surface area contributed by atoms with Crippen molar-refractivity contribution in [2.45, 2.75) is 12.8 Å². The number of carboxylic acid groups (broad SMARTS) is 2. The summed E-state index contributed by atoms with van der Waals surface area (Å²) in [5.74, 6) is -1.72. The van der Waals surface area contributed by atoms with Gasteiger partial charge in [0, 0.05) is 5.92 Å². The number of carboxylic acids is 2. The van der Waals surface area contributed by atoms with Crippen LogP contribution >= 0.6 is 0 Å². The van der Waals surface area contributed by atoms with Crippen molar-refractivity contribution < 1.29 is 19.8 Å². The SMILES string of the molecule is CC1C=C(c2ccc(C(=O)O)cc2)c2cc(C(=O)O)ccc21. The van der Waals surface area contributed by atoms with Crippen LogP contribution in [0.3, 0.4) is 0 Å². The molecule has 0 fully saturated rings. The minimum Gasteiger partial charge on any atom is -0.478 e. The fourth-order valence-corrected chi connectivity index (χ4v) is 2.79. The van der Waals surface area contributed by atoms with E-state index in [-0.39, 0.29) is 17.0 Å². The lowest BCUT2D eigenvalue weighted by Gasteiger charge is -2.09. The molecule has 22 heavy (non-hydrogen) atoms. The van der Waals surface area contributed by atoms with Crippen molar-refractivity contribution in [3.8, 4) is 0 Å². The summed E-state index contributed by atoms with van der Waals surface area (Å²) in [6.07, 6.45) is 2.08. The molecule has 0 bridgehead atoms. The van der Waals surface area contributed by atoms with Gasteiger partial charge < -0.3 is 10.2 Å². The Morgan fingerprint density at radius 2 is 1.50 bits per heavy atom. The molecule has 0 saturated heterocycles. The Hall–Kier alpha value is -2.88. The molecule has 0 saturated carbocycles. The maximum Gasteiger partial charge on any atom is 0.335 e. The normalized spacial score (nSPS) is 16.0. The van der Waals surface area contributed by atoms with E-state index >= 15 is 0 Å². The monoisotopic (exact) mass is 294 g/mol. The van der Waals surface area contributed by atoms with E-state index in [0.29, 0.717) is 0 Å². The number of rotatable bonds is 3. The van der Waals surface area contributed by atoms with Crippen molar-refractivity contribution in [3.05, 3.63) is 76.4 Å². The molecule has 2 aromatic carbocycles. The largest absolute Gasteiger partial charge is 0.478 e. The molecule has 4 nitrogen and oxygen atoms in total. The van der Waals surface area contributed by atoms with Crippen molar-refractivity contribution in [1.29, 1.82) is 0 Å². The van der Waals surface area contributed by atoms with Crippen LogP contribution in [-0.2, 0) is 0 Å². The first-order valence-electron chi connectivity index (χ1n) is 6.90. The van der Waals surface area contributed by atoms with Crippen molar-refractivity contribution in [1.82, 2.24) is 0 Å². The van der Waals surface area contributed by atoms with E-state index in [0.717, 1.165) is 22.3 Å². The average molecular weight is 294 g/mol. The van der Waals surface area contributed by atoms with Crippen LogP contribution in [0.4, 0.5) is 0 Å². The van der Waals surface area contributed by atoms with Crippen LogP contribution in [0.2, 0.25) is 0 Å². The Labute approximate surface area is 127 Å². The van der Waals surface area contributed by atoms with E-state index in [1.807, 2.05) is 6.07 Å². The van der Waals surface area contributed by atoms with Gasteiger partial charge >= 0.3 is 11.9 Å². The Kier molecular flexibility index (Phi) is 3.29. The highest BCUT2D eigenvalue weighted by molar-refractivity contribution is 5.93. The molecule has 0 spiro atoms. The lowest BCUT2D eigenvalue weighted by atomic mass is 9.95. The zero-order chi connectivity index (χ0) is 15.9. The van der Waals surface area contributed by atoms with Crippen LogP contribution in [0.15, 0.2) is 48.5 Å². The highest BCUT2D eigenvalue weighted by Crippen LogP contribution is 2.39. The third kappa shape index (κ3) is 2.29. The van der Waals surface area contributed by atoms with E-state index < -0.39 is 11.9 Å². The Balaban J connectivity index is 2.07. The smallest absolute Gasteiger partial charge is 0.335 e. The van der Waals surface area contributed by atoms with Gasteiger partial charge in [0.15, 0.2) is 0 Å². The Morgan fingerprint density at radius 3 is 2.09 bits per heavy atom. The molecule has 1 atom stereocenters. The lowest BCUT2D eigenvalue weighted by molar-refractivity contribution is 0.0686. The maximum atomic E-state index is 11.2. The summed E-state index contributed by atoms with van der Waals surface area (Å²) in [4.78, 5) is 22.1. The summed E-state index contributed by atoms with van der Waals surface area (Å²) in [6, 6.07) is 11.8. The van der Waals surface area contributed by atoms with E-state index in [4.69, 9.17) is 10.2 Å². The van der Waals surface area contributed by atoms with Crippen molar-refractivity contribution in [3.63, 3.8) is 0 Å². The number of carbonyl (C=O) groups is 2. The highest BCUT2D eigenvalue weighted by atomic mass is 16.4. The van der Waals surface area contributed by atoms with Gasteiger partial charge in [0.25, 0.3) is 0 Å². The Morgan fingerprint density at radius 1 is 0.909 bits per heavy atom. The zero-order valence-electron chi connectivity index (χ0n) is 11.9. The van der Waals surface area contributed by atoms with Crippen LogP contribution in [0.25, 0.3) is 5.57 Å². The fraction of sp³-hybridized carbons (Fsp3) is 0.111. The van der Waals surface area contributed by atoms with Crippen molar-refractivity contribution >= 4 is 17.5 Å². The molecule has 0 aliphatic heterocycles. The van der Waals surface area contributed by atoms with Gasteiger partial charge in [-0.05, 0) is 46.5 Å². The van der Waals surface area contributed by atoms with Crippen LogP contribution in [0.5, 0.6) is 0 Å². The number of allylic oxidation sites excluding steroid dienone is 1. The van der Waals surface area contributed by atoms with E-state index in [9.17, 15) is 9.59 Å². The molecule has 2 N–H and O–H groups in total. The second-order valence-corrected chi connectivity index (χ2v) is 5.36. The number of hydrogen-bond donors (Lipinski definition) is 2. The molecule has 0 radical (unpaired) electrons. The summed E-state index contributed by atoms with van der Waals surface area (Å²) in [7, 11) is 0. The molecule has 2 aromatic rings. The molecule has 0 amide bonds. The topological polar surface area (TPSA) is 74.6 Å². The first-order valence-corrected chi connectivity index (χ1v) is 6.90. The van der Waals surface area contributed by atoms with Crippen LogP contribution in [0, 0.1) is 0 Å². The quantitative estimate of drug-likeness (QED) is 0.906. The predicted octanol–water partition coefficient (Wildman–Crippen LogP) is 3.63. The number of benzene rings is 2. The van der Waals surface area contributed by atoms with Gasteiger partial charge in [-0.3, -0.25) is 0 Å². The Bertz CT molecular complexity index is 800. The van der Waals surface area contributed by atoms with Crippen molar-refractivity contribution in [2.24, 2.45) is 0 Å². The molecule has 1 aliphatic rings. The fourth-order valence-electron chi connectivity index (χ4n) is 2.79. The first kappa shape index (κ1) is 14.1. The summed E-state index contributed by atoms with van der Waals surface area (Å²) in [6.45, 7) is 2.05. The van der Waals surface area contributed by atoms with Gasteiger partial charge in [-0.2, -0.15) is 0 Å². The third-order valence-electron chi connectivity index (χ3n) is 3.94. The summed E-state index contributed by atoms with van der Waals surface area (Å²) in [5.41, 5.74) is 4.30. The molecule has 0 aromatic heterocycles. The third-order valence-corrected chi connectivity index (χ3v) is 3.94. The number of aromatic carboxylic acids is 2. The van der Waals surface area contributed by atoms with Crippen LogP contribution in [-0.4, -0.2) is 22.2 Å². The molecule has 4 heteroatoms. The minimum absolute atomic E-state index is 0.201. The zero-order valence-corrected chi connectivity index (χ0v) is 11.9.